The lowest BCUT2D eigenvalue weighted by Crippen LogP contribution is -2.32. The molecule has 0 saturated carbocycles. The molecular weight excluding hydrogens is 765 g/mol. The van der Waals surface area contributed by atoms with E-state index in [0.717, 1.165) is 44.2 Å². The zero-order chi connectivity index (χ0) is 45.0. The van der Waals surface area contributed by atoms with E-state index in [4.69, 9.17) is 19.5 Å². The number of ether oxygens (including phenoxy) is 2. The number of phenolic OH excluding ortho intramolecular Hbond substituents is 2. The number of hydrogen-bond acceptors (Lipinski definition) is 6. The van der Waals surface area contributed by atoms with Gasteiger partial charge in [0.2, 0.25) is 0 Å². The first-order valence-corrected chi connectivity index (χ1v) is 22.0. The number of aromatic hydroxyl groups is 2. The molecule has 6 nitrogen and oxygen atoms in total. The Balaban J connectivity index is 1.42. The van der Waals surface area contributed by atoms with Crippen LogP contribution in [0.25, 0.3) is 21.5 Å². The van der Waals surface area contributed by atoms with Gasteiger partial charge in [-0.3, -0.25) is 9.98 Å². The molecule has 0 heterocycles. The Bertz CT molecular complexity index is 2380. The van der Waals surface area contributed by atoms with Crippen molar-refractivity contribution in [3.63, 3.8) is 0 Å². The van der Waals surface area contributed by atoms with Gasteiger partial charge in [0.05, 0.1) is 38.5 Å². The predicted molar refractivity (Wildman–Crippen MR) is 261 cm³/mol. The highest BCUT2D eigenvalue weighted by Crippen LogP contribution is 2.39. The minimum Gasteiger partial charge on any atom is -0.507 e. The maximum Gasteiger partial charge on any atom is 0.128 e. The minimum absolute atomic E-state index is 0.155. The van der Waals surface area contributed by atoms with Gasteiger partial charge in [0.1, 0.15) is 11.5 Å². The number of benzene rings is 6. The lowest BCUT2D eigenvalue weighted by atomic mass is 9.79. The summed E-state index contributed by atoms with van der Waals surface area (Å²) >= 11 is 0. The van der Waals surface area contributed by atoms with Crippen molar-refractivity contribution in [1.29, 1.82) is 0 Å². The largest absolute Gasteiger partial charge is 0.507 e. The second kappa shape index (κ2) is 18.6. The maximum atomic E-state index is 11.8. The molecule has 0 fully saturated rings. The zero-order valence-corrected chi connectivity index (χ0v) is 39.1. The van der Waals surface area contributed by atoms with Crippen LogP contribution in [0.5, 0.6) is 11.5 Å². The average molecular weight is 833 g/mol. The molecule has 0 spiro atoms. The van der Waals surface area contributed by atoms with Crippen LogP contribution in [0.2, 0.25) is 0 Å². The van der Waals surface area contributed by atoms with Crippen molar-refractivity contribution in [3.8, 4) is 11.5 Å². The van der Waals surface area contributed by atoms with Crippen LogP contribution in [0.4, 0.5) is 0 Å². The van der Waals surface area contributed by atoms with Crippen molar-refractivity contribution in [2.24, 2.45) is 9.98 Å². The molecule has 2 atom stereocenters. The van der Waals surface area contributed by atoms with E-state index in [1.807, 2.05) is 36.4 Å². The van der Waals surface area contributed by atoms with E-state index in [9.17, 15) is 10.2 Å². The highest BCUT2D eigenvalue weighted by Gasteiger charge is 2.28. The predicted octanol–water partition coefficient (Wildman–Crippen LogP) is 13.3. The van der Waals surface area contributed by atoms with Crippen molar-refractivity contribution < 1.29 is 19.7 Å². The SMILES string of the molecule is CC(C)(C)c1cc(C=N[C@H](COCc2ccc3ccccc3c2)[C@@H](COCc2ccc3ccccc3c2)N=Cc2cc(C(C)(C)C)cc(C(C)(C)C)c2O)c(O)c(C(C)(C)C)c1. The highest BCUT2D eigenvalue weighted by molar-refractivity contribution is 5.87. The lowest BCUT2D eigenvalue weighted by Gasteiger charge is -2.27. The molecule has 0 amide bonds. The van der Waals surface area contributed by atoms with Crippen molar-refractivity contribution in [3.05, 3.63) is 154 Å². The fourth-order valence-corrected chi connectivity index (χ4v) is 7.63. The van der Waals surface area contributed by atoms with Gasteiger partial charge in [0.15, 0.2) is 0 Å². The summed E-state index contributed by atoms with van der Waals surface area (Å²) in [5.74, 6) is 0.438. The molecule has 6 aromatic rings. The second-order valence-electron chi connectivity index (χ2n) is 21.0. The van der Waals surface area contributed by atoms with Crippen molar-refractivity contribution >= 4 is 34.0 Å². The molecule has 0 aliphatic heterocycles. The summed E-state index contributed by atoms with van der Waals surface area (Å²) in [6.45, 7) is 27.0. The summed E-state index contributed by atoms with van der Waals surface area (Å²) in [6.07, 6.45) is 3.57. The Morgan fingerprint density at radius 1 is 0.452 bits per heavy atom. The summed E-state index contributed by atoms with van der Waals surface area (Å²) in [5, 5.41) is 28.2. The van der Waals surface area contributed by atoms with E-state index in [1.165, 1.54) is 10.8 Å². The van der Waals surface area contributed by atoms with Crippen molar-refractivity contribution in [2.75, 3.05) is 13.2 Å². The van der Waals surface area contributed by atoms with Gasteiger partial charge in [-0.05, 0) is 89.7 Å². The smallest absolute Gasteiger partial charge is 0.128 e. The van der Waals surface area contributed by atoms with E-state index in [-0.39, 0.29) is 46.4 Å². The van der Waals surface area contributed by atoms with E-state index in [0.29, 0.717) is 24.3 Å². The second-order valence-corrected chi connectivity index (χ2v) is 21.0. The van der Waals surface area contributed by atoms with Gasteiger partial charge in [-0.1, -0.05) is 168 Å². The van der Waals surface area contributed by atoms with Crippen LogP contribution in [-0.2, 0) is 44.3 Å². The highest BCUT2D eigenvalue weighted by atomic mass is 16.5. The fraction of sp³-hybridized carbons (Fsp3) is 0.393. The third-order valence-corrected chi connectivity index (χ3v) is 11.6. The van der Waals surface area contributed by atoms with Crippen molar-refractivity contribution in [2.45, 2.75) is 130 Å². The number of rotatable bonds is 13. The van der Waals surface area contributed by atoms with Gasteiger partial charge >= 0.3 is 0 Å². The number of phenols is 2. The Hall–Kier alpha value is -5.30. The van der Waals surface area contributed by atoms with Crippen LogP contribution in [0.3, 0.4) is 0 Å². The third kappa shape index (κ3) is 11.6. The number of nitrogens with zero attached hydrogens (tertiary/aromatic N) is 2. The first-order valence-electron chi connectivity index (χ1n) is 22.0. The molecule has 0 aromatic heterocycles. The average Bonchev–Trinajstić information content (AvgIpc) is 3.19. The molecule has 2 N–H and O–H groups in total. The first kappa shape index (κ1) is 46.2. The van der Waals surface area contributed by atoms with Gasteiger partial charge in [0.25, 0.3) is 0 Å². The van der Waals surface area contributed by atoms with E-state index in [2.05, 4.69) is 156 Å². The minimum atomic E-state index is -0.519. The van der Waals surface area contributed by atoms with Gasteiger partial charge in [-0.2, -0.15) is 0 Å². The molecular formula is C56H68N2O4. The quantitative estimate of drug-likeness (QED) is 0.114. The van der Waals surface area contributed by atoms with Crippen LogP contribution in [0, 0.1) is 0 Å². The molecule has 0 aliphatic carbocycles. The van der Waals surface area contributed by atoms with Gasteiger partial charge in [0, 0.05) is 34.7 Å². The first-order chi connectivity index (χ1) is 29.1. The molecule has 0 bridgehead atoms. The van der Waals surface area contributed by atoms with E-state index in [1.54, 1.807) is 12.4 Å². The summed E-state index contributed by atoms with van der Waals surface area (Å²) < 4.78 is 13.1. The Labute approximate surface area is 370 Å². The van der Waals surface area contributed by atoms with Crippen molar-refractivity contribution in [1.82, 2.24) is 0 Å². The Morgan fingerprint density at radius 2 is 0.806 bits per heavy atom. The number of hydrogen-bond donors (Lipinski definition) is 2. The summed E-state index contributed by atoms with van der Waals surface area (Å²) in [7, 11) is 0. The topological polar surface area (TPSA) is 83.6 Å². The van der Waals surface area contributed by atoms with Crippen LogP contribution >= 0.6 is 0 Å². The molecule has 0 aliphatic rings. The van der Waals surface area contributed by atoms with Crippen LogP contribution in [0.1, 0.15) is 128 Å². The molecule has 6 heteroatoms. The molecule has 6 rings (SSSR count). The molecule has 326 valence electrons. The standard InChI is InChI=1S/C56H68N2O4/c1-53(2,3)45-27-43(51(59)47(29-45)55(7,8)9)31-57-49(35-61-33-37-21-23-39-17-13-15-19-41(39)25-37)50(36-62-34-38-22-24-40-18-14-16-20-42(40)26-38)58-32-44-28-46(54(4,5)6)30-48(52(44)60)56(10,11)12/h13-32,49-50,59-60H,33-36H2,1-12H3/t49-,50-/m1/s1. The monoisotopic (exact) mass is 833 g/mol. The summed E-state index contributed by atoms with van der Waals surface area (Å²) in [5.41, 5.74) is 6.47. The Kier molecular flexibility index (Phi) is 13.9. The summed E-state index contributed by atoms with van der Waals surface area (Å²) in [4.78, 5) is 10.5. The van der Waals surface area contributed by atoms with Crippen LogP contribution < -0.4 is 0 Å². The maximum absolute atomic E-state index is 11.8. The normalized spacial score (nSPS) is 14.1. The number of fused-ring (bicyclic) bond motifs is 2. The third-order valence-electron chi connectivity index (χ3n) is 11.6. The molecule has 0 saturated heterocycles. The summed E-state index contributed by atoms with van der Waals surface area (Å²) in [6, 6.07) is 36.7. The fourth-order valence-electron chi connectivity index (χ4n) is 7.63. The van der Waals surface area contributed by atoms with Gasteiger partial charge < -0.3 is 19.7 Å². The van der Waals surface area contributed by atoms with E-state index >= 15 is 0 Å². The molecule has 62 heavy (non-hydrogen) atoms. The van der Waals surface area contributed by atoms with Gasteiger partial charge in [-0.15, -0.1) is 0 Å². The lowest BCUT2D eigenvalue weighted by molar-refractivity contribution is 0.0696. The van der Waals surface area contributed by atoms with Crippen LogP contribution in [-0.4, -0.2) is 47.9 Å². The Morgan fingerprint density at radius 3 is 1.15 bits per heavy atom. The van der Waals surface area contributed by atoms with Gasteiger partial charge in [-0.25, -0.2) is 0 Å². The molecule has 6 aromatic carbocycles. The zero-order valence-electron chi connectivity index (χ0n) is 39.1. The van der Waals surface area contributed by atoms with E-state index < -0.39 is 12.1 Å². The number of aliphatic imine (C=N–C) groups is 2. The van der Waals surface area contributed by atoms with Crippen LogP contribution in [0.15, 0.2) is 119 Å². The molecule has 0 radical (unpaired) electrons. The molecule has 0 unspecified atom stereocenters.